The Morgan fingerprint density at radius 2 is 2.05 bits per heavy atom. The van der Waals surface area contributed by atoms with Gasteiger partial charge >= 0.3 is 0 Å². The summed E-state index contributed by atoms with van der Waals surface area (Å²) in [4.78, 5) is 6.46. The van der Waals surface area contributed by atoms with E-state index in [0.29, 0.717) is 18.5 Å². The summed E-state index contributed by atoms with van der Waals surface area (Å²) in [6, 6.07) is 3.77. The molecule has 2 N–H and O–H groups in total. The summed E-state index contributed by atoms with van der Waals surface area (Å²) in [5.41, 5.74) is 7.13. The van der Waals surface area contributed by atoms with E-state index in [4.69, 9.17) is 5.73 Å². The number of halogens is 2. The van der Waals surface area contributed by atoms with Gasteiger partial charge < -0.3 is 5.73 Å². The monoisotopic (exact) mass is 297 g/mol. The zero-order valence-corrected chi connectivity index (χ0v) is 12.3. The molecule has 0 fully saturated rings. The number of benzene rings is 1. The Balaban J connectivity index is 2.36. The van der Waals surface area contributed by atoms with E-state index in [-0.39, 0.29) is 6.04 Å². The van der Waals surface area contributed by atoms with Gasteiger partial charge in [-0.1, -0.05) is 6.07 Å². The zero-order chi connectivity index (χ0) is 14.7. The first kappa shape index (κ1) is 15.0. The molecule has 2 rings (SSSR count). The Hall–Kier alpha value is -1.37. The molecule has 20 heavy (non-hydrogen) atoms. The van der Waals surface area contributed by atoms with Crippen LogP contribution in [0.5, 0.6) is 0 Å². The van der Waals surface area contributed by atoms with Crippen molar-refractivity contribution < 1.29 is 8.78 Å². The standard InChI is InChI=1S/C14H17F2N3S/c1-19(2)13(9-3-4-11(15)12(16)7-9)14-18-10(5-6-17)8-20-14/h3-4,7-8,13H,5-6,17H2,1-2H3. The van der Waals surface area contributed by atoms with Gasteiger partial charge in [-0.2, -0.15) is 0 Å². The van der Waals surface area contributed by atoms with E-state index in [9.17, 15) is 8.78 Å². The Kier molecular flexibility index (Phi) is 4.80. The highest BCUT2D eigenvalue weighted by Crippen LogP contribution is 2.30. The third-order valence-electron chi connectivity index (χ3n) is 2.98. The van der Waals surface area contributed by atoms with Gasteiger partial charge in [0.05, 0.1) is 11.7 Å². The minimum absolute atomic E-state index is 0.193. The first-order chi connectivity index (χ1) is 9.52. The van der Waals surface area contributed by atoms with Crippen molar-refractivity contribution in [3.63, 3.8) is 0 Å². The van der Waals surface area contributed by atoms with E-state index in [0.717, 1.165) is 16.8 Å². The second-order valence-corrected chi connectivity index (χ2v) is 5.65. The summed E-state index contributed by atoms with van der Waals surface area (Å²) in [5.74, 6) is -1.68. The summed E-state index contributed by atoms with van der Waals surface area (Å²) in [6.45, 7) is 0.543. The van der Waals surface area contributed by atoms with Crippen molar-refractivity contribution in [2.75, 3.05) is 20.6 Å². The Morgan fingerprint density at radius 1 is 1.30 bits per heavy atom. The predicted molar refractivity (Wildman–Crippen MR) is 76.8 cm³/mol. The molecule has 0 aliphatic heterocycles. The number of nitrogens with zero attached hydrogens (tertiary/aromatic N) is 2. The fourth-order valence-electron chi connectivity index (χ4n) is 2.05. The molecular weight excluding hydrogens is 280 g/mol. The van der Waals surface area contributed by atoms with Gasteiger partial charge in [0.2, 0.25) is 0 Å². The highest BCUT2D eigenvalue weighted by Gasteiger charge is 2.21. The topological polar surface area (TPSA) is 42.2 Å². The van der Waals surface area contributed by atoms with Crippen LogP contribution in [-0.4, -0.2) is 30.5 Å². The largest absolute Gasteiger partial charge is 0.330 e. The first-order valence-electron chi connectivity index (χ1n) is 6.28. The maximum atomic E-state index is 13.4. The highest BCUT2D eigenvalue weighted by atomic mass is 32.1. The second-order valence-electron chi connectivity index (χ2n) is 4.76. The zero-order valence-electron chi connectivity index (χ0n) is 11.4. The van der Waals surface area contributed by atoms with Crippen molar-refractivity contribution in [1.82, 2.24) is 9.88 Å². The highest BCUT2D eigenvalue weighted by molar-refractivity contribution is 7.09. The molecule has 0 aliphatic rings. The molecule has 0 bridgehead atoms. The van der Waals surface area contributed by atoms with Crippen molar-refractivity contribution in [3.05, 3.63) is 51.5 Å². The maximum Gasteiger partial charge on any atom is 0.159 e. The second kappa shape index (κ2) is 6.39. The van der Waals surface area contributed by atoms with Crippen LogP contribution >= 0.6 is 11.3 Å². The quantitative estimate of drug-likeness (QED) is 0.922. The molecule has 0 radical (unpaired) electrons. The van der Waals surface area contributed by atoms with Crippen LogP contribution in [-0.2, 0) is 6.42 Å². The van der Waals surface area contributed by atoms with Gasteiger partial charge in [0.15, 0.2) is 11.6 Å². The van der Waals surface area contributed by atoms with Crippen molar-refractivity contribution in [3.8, 4) is 0 Å². The molecule has 0 spiro atoms. The first-order valence-corrected chi connectivity index (χ1v) is 7.16. The van der Waals surface area contributed by atoms with Crippen LogP contribution in [0.4, 0.5) is 8.78 Å². The normalized spacial score (nSPS) is 12.9. The predicted octanol–water partition coefficient (Wildman–Crippen LogP) is 2.57. The van der Waals surface area contributed by atoms with Crippen molar-refractivity contribution >= 4 is 11.3 Å². The molecule has 1 aromatic heterocycles. The summed E-state index contributed by atoms with van der Waals surface area (Å²) >= 11 is 1.51. The molecule has 1 aromatic carbocycles. The minimum Gasteiger partial charge on any atom is -0.330 e. The van der Waals surface area contributed by atoms with E-state index in [2.05, 4.69) is 4.98 Å². The molecule has 6 heteroatoms. The average Bonchev–Trinajstić information content (AvgIpc) is 2.82. The molecular formula is C14H17F2N3S. The Bertz CT molecular complexity index is 584. The van der Waals surface area contributed by atoms with E-state index >= 15 is 0 Å². The summed E-state index contributed by atoms with van der Waals surface area (Å²) in [7, 11) is 3.77. The molecule has 108 valence electrons. The SMILES string of the molecule is CN(C)C(c1ccc(F)c(F)c1)c1nc(CCN)cs1. The van der Waals surface area contributed by atoms with E-state index in [1.807, 2.05) is 24.4 Å². The van der Waals surface area contributed by atoms with Gasteiger partial charge in [-0.3, -0.25) is 4.90 Å². The number of thiazole rings is 1. The van der Waals surface area contributed by atoms with Crippen molar-refractivity contribution in [2.24, 2.45) is 5.73 Å². The fraction of sp³-hybridized carbons (Fsp3) is 0.357. The van der Waals surface area contributed by atoms with Crippen LogP contribution in [0, 0.1) is 11.6 Å². The molecule has 0 amide bonds. The van der Waals surface area contributed by atoms with E-state index in [1.54, 1.807) is 6.07 Å². The van der Waals surface area contributed by atoms with Crippen LogP contribution < -0.4 is 5.73 Å². The molecule has 0 saturated carbocycles. The molecule has 0 saturated heterocycles. The number of aromatic nitrogens is 1. The lowest BCUT2D eigenvalue weighted by molar-refractivity contribution is 0.339. The van der Waals surface area contributed by atoms with Crippen LogP contribution in [0.25, 0.3) is 0 Å². The summed E-state index contributed by atoms with van der Waals surface area (Å²) in [5, 5.41) is 2.81. The van der Waals surface area contributed by atoms with E-state index in [1.165, 1.54) is 17.4 Å². The van der Waals surface area contributed by atoms with Gasteiger partial charge in [-0.25, -0.2) is 13.8 Å². The Labute approximate surface area is 121 Å². The minimum atomic E-state index is -0.840. The number of hydrogen-bond donors (Lipinski definition) is 1. The van der Waals surface area contributed by atoms with Gasteiger partial charge in [0.1, 0.15) is 5.01 Å². The van der Waals surface area contributed by atoms with Crippen LogP contribution in [0.15, 0.2) is 23.6 Å². The van der Waals surface area contributed by atoms with Crippen LogP contribution in [0.2, 0.25) is 0 Å². The lowest BCUT2D eigenvalue weighted by Crippen LogP contribution is -2.21. The number of hydrogen-bond acceptors (Lipinski definition) is 4. The summed E-state index contributed by atoms with van der Waals surface area (Å²) < 4.78 is 26.5. The van der Waals surface area contributed by atoms with Gasteiger partial charge in [0, 0.05) is 11.8 Å². The molecule has 2 aromatic rings. The van der Waals surface area contributed by atoms with Gasteiger partial charge in [-0.15, -0.1) is 11.3 Å². The lowest BCUT2D eigenvalue weighted by atomic mass is 10.1. The van der Waals surface area contributed by atoms with Crippen LogP contribution in [0.1, 0.15) is 22.3 Å². The number of nitrogens with two attached hydrogens (primary N) is 1. The number of rotatable bonds is 5. The molecule has 3 nitrogen and oxygen atoms in total. The third-order valence-corrected chi connectivity index (χ3v) is 3.93. The third kappa shape index (κ3) is 3.20. The van der Waals surface area contributed by atoms with Crippen LogP contribution in [0.3, 0.4) is 0 Å². The average molecular weight is 297 g/mol. The molecule has 1 atom stereocenters. The maximum absolute atomic E-state index is 13.4. The van der Waals surface area contributed by atoms with E-state index < -0.39 is 11.6 Å². The van der Waals surface area contributed by atoms with Crippen molar-refractivity contribution in [2.45, 2.75) is 12.5 Å². The molecule has 0 aliphatic carbocycles. The van der Waals surface area contributed by atoms with Gasteiger partial charge in [0.25, 0.3) is 0 Å². The van der Waals surface area contributed by atoms with Gasteiger partial charge in [-0.05, 0) is 38.3 Å². The fourth-order valence-corrected chi connectivity index (χ4v) is 3.13. The smallest absolute Gasteiger partial charge is 0.159 e. The Morgan fingerprint density at radius 3 is 2.65 bits per heavy atom. The summed E-state index contributed by atoms with van der Waals surface area (Å²) in [6.07, 6.45) is 0.717. The molecule has 1 heterocycles. The van der Waals surface area contributed by atoms with Crippen molar-refractivity contribution in [1.29, 1.82) is 0 Å². The molecule has 1 unspecified atom stereocenters. The lowest BCUT2D eigenvalue weighted by Gasteiger charge is -2.22.